The molecule has 1 aliphatic heterocycles. The molecule has 1 atom stereocenters. The van der Waals surface area contributed by atoms with Crippen molar-refractivity contribution in [2.24, 2.45) is 11.0 Å². The van der Waals surface area contributed by atoms with Gasteiger partial charge in [-0.25, -0.2) is 0 Å². The summed E-state index contributed by atoms with van der Waals surface area (Å²) in [6.45, 7) is 17.2. The van der Waals surface area contributed by atoms with Crippen LogP contribution in [0.3, 0.4) is 0 Å². The second-order valence-corrected chi connectivity index (χ2v) is 5.88. The average molecular weight is 211 g/mol. The Morgan fingerprint density at radius 3 is 1.80 bits per heavy atom. The summed E-state index contributed by atoms with van der Waals surface area (Å²) in [7, 11) is 0. The Balaban J connectivity index is 0.000000423. The van der Waals surface area contributed by atoms with E-state index < -0.39 is 0 Å². The molecule has 0 bridgehead atoms. The Morgan fingerprint density at radius 2 is 1.67 bits per heavy atom. The Bertz CT molecular complexity index is 251. The zero-order valence-corrected chi connectivity index (χ0v) is 11.6. The van der Waals surface area contributed by atoms with Crippen molar-refractivity contribution in [1.82, 2.24) is 0 Å². The Hall–Kier alpha value is -0.660. The molecule has 0 aliphatic carbocycles. The van der Waals surface area contributed by atoms with E-state index in [1.807, 2.05) is 0 Å². The van der Waals surface area contributed by atoms with Crippen molar-refractivity contribution in [3.63, 3.8) is 0 Å². The average Bonchev–Trinajstić information content (AvgIpc) is 2.26. The summed E-state index contributed by atoms with van der Waals surface area (Å²) in [4.78, 5) is 0. The molecule has 0 aromatic heterocycles. The molecule has 0 spiro atoms. The number of nitrogens with zero attached hydrogens (tertiary/aromatic N) is 2. The van der Waals surface area contributed by atoms with Crippen LogP contribution in [0.25, 0.3) is 0 Å². The Morgan fingerprint density at radius 1 is 1.27 bits per heavy atom. The zero-order valence-electron chi connectivity index (χ0n) is 11.6. The molecule has 1 unspecified atom stereocenters. The van der Waals surface area contributed by atoms with Crippen LogP contribution in [-0.4, -0.2) is 16.3 Å². The minimum atomic E-state index is 0.130. The van der Waals surface area contributed by atoms with Gasteiger partial charge in [-0.3, -0.25) is 0 Å². The van der Waals surface area contributed by atoms with Gasteiger partial charge in [0.05, 0.1) is 0 Å². The van der Waals surface area contributed by atoms with E-state index in [0.717, 1.165) is 5.92 Å². The predicted octanol–water partition coefficient (Wildman–Crippen LogP) is 4.22. The molecule has 2 nitrogen and oxygen atoms in total. The SMILES string of the molecule is CC(C)C.CC1=CC(C)N=[N+]1C(C)(C)C. The summed E-state index contributed by atoms with van der Waals surface area (Å²) < 4.78 is 2.09. The van der Waals surface area contributed by atoms with Crippen LogP contribution in [-0.2, 0) is 0 Å². The van der Waals surface area contributed by atoms with Crippen LogP contribution >= 0.6 is 0 Å². The molecule has 2 heteroatoms. The van der Waals surface area contributed by atoms with Gasteiger partial charge in [-0.15, -0.1) is 0 Å². The molecule has 0 N–H and O–H groups in total. The lowest BCUT2D eigenvalue weighted by Crippen LogP contribution is -2.29. The summed E-state index contributed by atoms with van der Waals surface area (Å²) in [5.41, 5.74) is 1.40. The molecule has 0 radical (unpaired) electrons. The molecule has 88 valence electrons. The van der Waals surface area contributed by atoms with Crippen LogP contribution in [0.1, 0.15) is 55.4 Å². The van der Waals surface area contributed by atoms with Gasteiger partial charge in [-0.2, -0.15) is 0 Å². The van der Waals surface area contributed by atoms with Gasteiger partial charge in [0.15, 0.2) is 5.54 Å². The van der Waals surface area contributed by atoms with Crippen molar-refractivity contribution in [1.29, 1.82) is 0 Å². The standard InChI is InChI=1S/C9H17N2.C4H10/c1-7-6-8(2)11(10-7)9(3,4)5;1-4(2)3/h6-7H,1-5H3;4H,1-3H3/q+1;. The summed E-state index contributed by atoms with van der Waals surface area (Å²) in [6, 6.07) is 0.356. The van der Waals surface area contributed by atoms with E-state index >= 15 is 0 Å². The highest BCUT2D eigenvalue weighted by molar-refractivity contribution is 4.98. The van der Waals surface area contributed by atoms with Gasteiger partial charge in [-0.1, -0.05) is 25.5 Å². The van der Waals surface area contributed by atoms with Crippen LogP contribution in [0.5, 0.6) is 0 Å². The molecule has 1 aliphatic rings. The predicted molar refractivity (Wildman–Crippen MR) is 66.2 cm³/mol. The zero-order chi connectivity index (χ0) is 12.2. The maximum absolute atomic E-state index is 4.48. The van der Waals surface area contributed by atoms with E-state index in [9.17, 15) is 0 Å². The van der Waals surface area contributed by atoms with Gasteiger partial charge < -0.3 is 0 Å². The fraction of sp³-hybridized carbons (Fsp3) is 0.846. The smallest absolute Gasteiger partial charge is 0.0887 e. The first-order valence-corrected chi connectivity index (χ1v) is 5.84. The Kier molecular flexibility index (Phi) is 5.19. The van der Waals surface area contributed by atoms with Gasteiger partial charge in [0.1, 0.15) is 6.04 Å². The quantitative estimate of drug-likeness (QED) is 0.533. The number of azo groups is 2. The lowest BCUT2D eigenvalue weighted by atomic mass is 10.1. The second-order valence-electron chi connectivity index (χ2n) is 5.88. The number of allylic oxidation sites excluding steroid dienone is 1. The first-order chi connectivity index (χ1) is 6.64. The molecule has 1 rings (SSSR count). The fourth-order valence-corrected chi connectivity index (χ4v) is 1.43. The molecule has 0 amide bonds. The maximum atomic E-state index is 4.48. The second kappa shape index (κ2) is 5.43. The van der Waals surface area contributed by atoms with Crippen molar-refractivity contribution in [3.8, 4) is 0 Å². The lowest BCUT2D eigenvalue weighted by Gasteiger charge is -2.11. The highest BCUT2D eigenvalue weighted by Crippen LogP contribution is 2.20. The number of hydrogen-bond donors (Lipinski definition) is 0. The monoisotopic (exact) mass is 211 g/mol. The highest BCUT2D eigenvalue weighted by atomic mass is 15.3. The molecule has 0 aromatic carbocycles. The van der Waals surface area contributed by atoms with Crippen molar-refractivity contribution < 1.29 is 4.70 Å². The van der Waals surface area contributed by atoms with Gasteiger partial charge in [-0.05, 0) is 18.0 Å². The molecular formula is C13H27N2+. The minimum Gasteiger partial charge on any atom is -0.0887 e. The van der Waals surface area contributed by atoms with Crippen molar-refractivity contribution in [2.75, 3.05) is 0 Å². The van der Waals surface area contributed by atoms with Crippen LogP contribution in [0.15, 0.2) is 16.9 Å². The fourth-order valence-electron chi connectivity index (χ4n) is 1.43. The minimum absolute atomic E-state index is 0.130. The summed E-state index contributed by atoms with van der Waals surface area (Å²) in [5.74, 6) is 0.833. The van der Waals surface area contributed by atoms with Crippen LogP contribution in [0, 0.1) is 5.92 Å². The van der Waals surface area contributed by atoms with Gasteiger partial charge in [0.2, 0.25) is 5.70 Å². The van der Waals surface area contributed by atoms with Crippen LogP contribution in [0.2, 0.25) is 0 Å². The normalized spacial score (nSPS) is 20.7. The molecular weight excluding hydrogens is 184 g/mol. The largest absolute Gasteiger partial charge is 0.203 e. The van der Waals surface area contributed by atoms with Gasteiger partial charge in [0, 0.05) is 33.8 Å². The van der Waals surface area contributed by atoms with E-state index in [-0.39, 0.29) is 5.54 Å². The van der Waals surface area contributed by atoms with Crippen molar-refractivity contribution in [2.45, 2.75) is 67.0 Å². The molecule has 15 heavy (non-hydrogen) atoms. The highest BCUT2D eigenvalue weighted by Gasteiger charge is 2.32. The van der Waals surface area contributed by atoms with E-state index in [4.69, 9.17) is 0 Å². The first-order valence-electron chi connectivity index (χ1n) is 5.84. The van der Waals surface area contributed by atoms with Crippen molar-refractivity contribution >= 4 is 0 Å². The van der Waals surface area contributed by atoms with E-state index in [0.29, 0.717) is 6.04 Å². The third kappa shape index (κ3) is 5.71. The third-order valence-corrected chi connectivity index (χ3v) is 1.75. The Labute approximate surface area is 95.1 Å². The van der Waals surface area contributed by atoms with E-state index in [2.05, 4.69) is 71.3 Å². The molecule has 0 saturated carbocycles. The summed E-state index contributed by atoms with van der Waals surface area (Å²) in [6.07, 6.45) is 2.19. The van der Waals surface area contributed by atoms with E-state index in [1.165, 1.54) is 5.70 Å². The molecule has 1 heterocycles. The molecule has 0 saturated heterocycles. The van der Waals surface area contributed by atoms with Crippen molar-refractivity contribution in [3.05, 3.63) is 11.8 Å². The summed E-state index contributed by atoms with van der Waals surface area (Å²) in [5, 5.41) is 4.48. The number of rotatable bonds is 0. The summed E-state index contributed by atoms with van der Waals surface area (Å²) >= 11 is 0. The number of hydrogen-bond acceptors (Lipinski definition) is 1. The molecule has 0 fully saturated rings. The van der Waals surface area contributed by atoms with Crippen LogP contribution < -0.4 is 0 Å². The van der Waals surface area contributed by atoms with E-state index in [1.54, 1.807) is 0 Å². The van der Waals surface area contributed by atoms with Gasteiger partial charge >= 0.3 is 0 Å². The third-order valence-electron chi connectivity index (χ3n) is 1.75. The first kappa shape index (κ1) is 14.3. The molecule has 0 aromatic rings. The lowest BCUT2D eigenvalue weighted by molar-refractivity contribution is -0.610. The van der Waals surface area contributed by atoms with Gasteiger partial charge in [0.25, 0.3) is 0 Å². The maximum Gasteiger partial charge on any atom is 0.203 e. The van der Waals surface area contributed by atoms with Crippen LogP contribution in [0.4, 0.5) is 0 Å². The topological polar surface area (TPSA) is 15.4 Å².